The summed E-state index contributed by atoms with van der Waals surface area (Å²) >= 11 is 0. The first-order valence-electron chi connectivity index (χ1n) is 9.83. The van der Waals surface area contributed by atoms with Crippen LogP contribution in [0.5, 0.6) is 5.75 Å². The van der Waals surface area contributed by atoms with E-state index in [-0.39, 0.29) is 24.3 Å². The van der Waals surface area contributed by atoms with Crippen LogP contribution in [0.25, 0.3) is 0 Å². The van der Waals surface area contributed by atoms with Crippen molar-refractivity contribution in [3.8, 4) is 5.75 Å². The Labute approximate surface area is 162 Å². The molecule has 27 heavy (non-hydrogen) atoms. The second-order valence-corrected chi connectivity index (χ2v) is 9.84. The quantitative estimate of drug-likeness (QED) is 0.737. The minimum absolute atomic E-state index is 0.00681. The number of sulfone groups is 1. The van der Waals surface area contributed by atoms with E-state index in [1.54, 1.807) is 0 Å². The molecule has 2 saturated heterocycles. The summed E-state index contributed by atoms with van der Waals surface area (Å²) in [5.41, 5.74) is 1.14. The van der Waals surface area contributed by atoms with Gasteiger partial charge < -0.3 is 9.64 Å². The van der Waals surface area contributed by atoms with Crippen LogP contribution in [0.15, 0.2) is 24.3 Å². The molecule has 1 aromatic rings. The lowest BCUT2D eigenvalue weighted by molar-refractivity contribution is -0.135. The van der Waals surface area contributed by atoms with Gasteiger partial charge in [-0.25, -0.2) is 8.42 Å². The third-order valence-corrected chi connectivity index (χ3v) is 7.56. The molecule has 2 aliphatic heterocycles. The van der Waals surface area contributed by atoms with Crippen LogP contribution >= 0.6 is 0 Å². The zero-order valence-corrected chi connectivity index (χ0v) is 17.1. The van der Waals surface area contributed by atoms with Crippen LogP contribution in [-0.4, -0.2) is 74.5 Å². The lowest BCUT2D eigenvalue weighted by atomic mass is 9.98. The topological polar surface area (TPSA) is 66.9 Å². The molecule has 2 unspecified atom stereocenters. The normalized spacial score (nSPS) is 23.9. The fourth-order valence-electron chi connectivity index (χ4n) is 3.87. The Bertz CT molecular complexity index is 757. The number of amides is 1. The summed E-state index contributed by atoms with van der Waals surface area (Å²) in [5, 5.41) is 0. The summed E-state index contributed by atoms with van der Waals surface area (Å²) in [5.74, 6) is 1.72. The van der Waals surface area contributed by atoms with E-state index in [4.69, 9.17) is 4.74 Å². The van der Waals surface area contributed by atoms with Crippen molar-refractivity contribution >= 4 is 15.7 Å². The Morgan fingerprint density at radius 2 is 1.93 bits per heavy atom. The monoisotopic (exact) mass is 394 g/mol. The first-order valence-corrected chi connectivity index (χ1v) is 11.7. The average Bonchev–Trinajstić information content (AvgIpc) is 3.05. The predicted molar refractivity (Wildman–Crippen MR) is 106 cm³/mol. The highest BCUT2D eigenvalue weighted by molar-refractivity contribution is 7.91. The number of para-hydroxylation sites is 1. The van der Waals surface area contributed by atoms with Crippen molar-refractivity contribution in [2.75, 3.05) is 44.3 Å². The van der Waals surface area contributed by atoms with E-state index in [0.29, 0.717) is 31.2 Å². The number of nitrogens with zero attached hydrogens (tertiary/aromatic N) is 2. The second kappa shape index (κ2) is 8.61. The number of benzene rings is 1. The van der Waals surface area contributed by atoms with Crippen molar-refractivity contribution in [2.45, 2.75) is 38.6 Å². The Morgan fingerprint density at radius 3 is 2.56 bits per heavy atom. The maximum absolute atomic E-state index is 12.5. The zero-order chi connectivity index (χ0) is 19.4. The van der Waals surface area contributed by atoms with Gasteiger partial charge in [-0.15, -0.1) is 0 Å². The average molecular weight is 395 g/mol. The molecular formula is C20H30N2O4S. The van der Waals surface area contributed by atoms with Gasteiger partial charge in [0.05, 0.1) is 11.5 Å². The second-order valence-electron chi connectivity index (χ2n) is 7.61. The Kier molecular flexibility index (Phi) is 6.42. The van der Waals surface area contributed by atoms with Crippen molar-refractivity contribution in [3.05, 3.63) is 29.8 Å². The van der Waals surface area contributed by atoms with E-state index >= 15 is 0 Å². The van der Waals surface area contributed by atoms with Gasteiger partial charge in [0.2, 0.25) is 0 Å². The summed E-state index contributed by atoms with van der Waals surface area (Å²) < 4.78 is 29.2. The molecule has 0 spiro atoms. The van der Waals surface area contributed by atoms with Crippen LogP contribution in [0.3, 0.4) is 0 Å². The third-order valence-electron chi connectivity index (χ3n) is 5.81. The number of piperazine rings is 1. The van der Waals surface area contributed by atoms with E-state index in [0.717, 1.165) is 30.8 Å². The molecule has 0 saturated carbocycles. The maximum atomic E-state index is 12.5. The van der Waals surface area contributed by atoms with Gasteiger partial charge >= 0.3 is 0 Å². The zero-order valence-electron chi connectivity index (χ0n) is 16.3. The molecule has 0 radical (unpaired) electrons. The van der Waals surface area contributed by atoms with Gasteiger partial charge in [-0.3, -0.25) is 9.69 Å². The van der Waals surface area contributed by atoms with Gasteiger partial charge in [-0.2, -0.15) is 0 Å². The molecule has 2 fully saturated rings. The molecule has 2 heterocycles. The summed E-state index contributed by atoms with van der Waals surface area (Å²) in [6.07, 6.45) is 1.74. The predicted octanol–water partition coefficient (Wildman–Crippen LogP) is 1.91. The number of rotatable bonds is 6. The lowest BCUT2D eigenvalue weighted by Crippen LogP contribution is -2.53. The Morgan fingerprint density at radius 1 is 1.22 bits per heavy atom. The number of carbonyl (C=O) groups excluding carboxylic acids is 1. The van der Waals surface area contributed by atoms with Crippen LogP contribution in [0.2, 0.25) is 0 Å². The number of ether oxygens (including phenoxy) is 1. The summed E-state index contributed by atoms with van der Waals surface area (Å²) in [6.45, 7) is 7.07. The van der Waals surface area contributed by atoms with Crippen molar-refractivity contribution in [1.82, 2.24) is 9.80 Å². The van der Waals surface area contributed by atoms with E-state index in [1.165, 1.54) is 0 Å². The van der Waals surface area contributed by atoms with Gasteiger partial charge in [0.1, 0.15) is 5.75 Å². The minimum atomic E-state index is -2.87. The highest BCUT2D eigenvalue weighted by Gasteiger charge is 2.34. The van der Waals surface area contributed by atoms with Crippen LogP contribution in [0, 0.1) is 0 Å². The third kappa shape index (κ3) is 5.02. The lowest BCUT2D eigenvalue weighted by Gasteiger charge is -2.37. The van der Waals surface area contributed by atoms with Crippen molar-refractivity contribution in [3.63, 3.8) is 0 Å². The van der Waals surface area contributed by atoms with Crippen LogP contribution in [-0.2, 0) is 14.6 Å². The molecule has 7 heteroatoms. The molecule has 3 rings (SSSR count). The fraction of sp³-hybridized carbons (Fsp3) is 0.650. The summed E-state index contributed by atoms with van der Waals surface area (Å²) in [4.78, 5) is 16.6. The molecule has 1 aromatic carbocycles. The number of hydrogen-bond donors (Lipinski definition) is 0. The van der Waals surface area contributed by atoms with Gasteiger partial charge in [-0.05, 0) is 30.4 Å². The highest BCUT2D eigenvalue weighted by Crippen LogP contribution is 2.28. The molecule has 0 aromatic heterocycles. The molecular weight excluding hydrogens is 364 g/mol. The minimum Gasteiger partial charge on any atom is -0.483 e. The van der Waals surface area contributed by atoms with Crippen LogP contribution < -0.4 is 4.74 Å². The van der Waals surface area contributed by atoms with E-state index in [2.05, 4.69) is 24.8 Å². The van der Waals surface area contributed by atoms with Crippen LogP contribution in [0.4, 0.5) is 0 Å². The van der Waals surface area contributed by atoms with Crippen LogP contribution in [0.1, 0.15) is 38.2 Å². The molecule has 0 N–H and O–H groups in total. The highest BCUT2D eigenvalue weighted by atomic mass is 32.2. The smallest absolute Gasteiger partial charge is 0.260 e. The van der Waals surface area contributed by atoms with Gasteiger partial charge in [0.25, 0.3) is 5.91 Å². The van der Waals surface area contributed by atoms with Gasteiger partial charge in [-0.1, -0.05) is 32.0 Å². The number of hydrogen-bond acceptors (Lipinski definition) is 5. The van der Waals surface area contributed by atoms with Crippen molar-refractivity contribution in [1.29, 1.82) is 0 Å². The van der Waals surface area contributed by atoms with Gasteiger partial charge in [0.15, 0.2) is 16.4 Å². The van der Waals surface area contributed by atoms with E-state index in [9.17, 15) is 13.2 Å². The standard InChI is InChI=1S/C20H30N2O4S/c1-3-16(2)18-6-4-5-7-19(18)26-14-20(23)22-11-9-21(10-12-22)17-8-13-27(24,25)15-17/h4-7,16-17H,3,8-15H2,1-2H3. The Balaban J connectivity index is 1.49. The summed E-state index contributed by atoms with van der Waals surface area (Å²) in [6, 6.07) is 8.03. The first kappa shape index (κ1) is 20.1. The van der Waals surface area contributed by atoms with Gasteiger partial charge in [0, 0.05) is 32.2 Å². The largest absolute Gasteiger partial charge is 0.483 e. The van der Waals surface area contributed by atoms with E-state index in [1.807, 2.05) is 23.1 Å². The molecule has 0 aliphatic carbocycles. The number of carbonyl (C=O) groups is 1. The van der Waals surface area contributed by atoms with E-state index < -0.39 is 9.84 Å². The molecule has 0 bridgehead atoms. The Hall–Kier alpha value is -1.60. The maximum Gasteiger partial charge on any atom is 0.260 e. The van der Waals surface area contributed by atoms with Crippen molar-refractivity contribution < 1.29 is 17.9 Å². The SMILES string of the molecule is CCC(C)c1ccccc1OCC(=O)N1CCN(C2CCS(=O)(=O)C2)CC1. The fourth-order valence-corrected chi connectivity index (χ4v) is 5.63. The first-order chi connectivity index (χ1) is 12.9. The molecule has 2 atom stereocenters. The van der Waals surface area contributed by atoms with Crippen molar-refractivity contribution in [2.24, 2.45) is 0 Å². The molecule has 1 amide bonds. The molecule has 6 nitrogen and oxygen atoms in total. The summed E-state index contributed by atoms with van der Waals surface area (Å²) in [7, 11) is -2.87. The molecule has 2 aliphatic rings. The molecule has 150 valence electrons.